The minimum Gasteiger partial charge on any atom is -0.488 e. The van der Waals surface area contributed by atoms with Gasteiger partial charge in [-0.3, -0.25) is 0 Å². The summed E-state index contributed by atoms with van der Waals surface area (Å²) in [5.74, 6) is -0.0919. The van der Waals surface area contributed by atoms with Gasteiger partial charge >= 0.3 is 5.97 Å². The average molecular weight is 295 g/mol. The predicted molar refractivity (Wildman–Crippen MR) is 85.1 cm³/mol. The number of carboxylic acid groups (broad SMARTS) is 1. The molecule has 0 saturated heterocycles. The van der Waals surface area contributed by atoms with E-state index in [4.69, 9.17) is 4.74 Å². The molecule has 3 rings (SSSR count). The van der Waals surface area contributed by atoms with Crippen LogP contribution < -0.4 is 4.74 Å². The second-order valence-electron chi connectivity index (χ2n) is 5.20. The van der Waals surface area contributed by atoms with Crippen molar-refractivity contribution in [3.05, 3.63) is 66.4 Å². The van der Waals surface area contributed by atoms with Crippen molar-refractivity contribution in [2.45, 2.75) is 19.6 Å². The Morgan fingerprint density at radius 1 is 1.14 bits per heavy atom. The van der Waals surface area contributed by atoms with Crippen molar-refractivity contribution < 1.29 is 14.6 Å². The van der Waals surface area contributed by atoms with Gasteiger partial charge in [-0.15, -0.1) is 0 Å². The molecule has 4 nitrogen and oxygen atoms in total. The van der Waals surface area contributed by atoms with Crippen LogP contribution in [0.4, 0.5) is 0 Å². The van der Waals surface area contributed by atoms with Gasteiger partial charge in [0.05, 0.1) is 5.52 Å². The highest BCUT2D eigenvalue weighted by atomic mass is 16.5. The Kier molecular flexibility index (Phi) is 3.83. The highest BCUT2D eigenvalue weighted by Crippen LogP contribution is 2.29. The molecular weight excluding hydrogens is 278 g/mol. The van der Waals surface area contributed by atoms with Crippen LogP contribution >= 0.6 is 0 Å². The number of rotatable bonds is 5. The zero-order chi connectivity index (χ0) is 15.5. The minimum absolute atomic E-state index is 0.486. The van der Waals surface area contributed by atoms with E-state index >= 15 is 0 Å². The fourth-order valence-electron chi connectivity index (χ4n) is 2.48. The van der Waals surface area contributed by atoms with Gasteiger partial charge in [0.25, 0.3) is 0 Å². The van der Waals surface area contributed by atoms with Crippen LogP contribution in [0.25, 0.3) is 10.9 Å². The Labute approximate surface area is 128 Å². The minimum atomic E-state index is -0.854. The molecule has 3 aromatic rings. The van der Waals surface area contributed by atoms with Crippen LogP contribution in [-0.4, -0.2) is 15.6 Å². The van der Waals surface area contributed by atoms with Crippen molar-refractivity contribution in [2.24, 2.45) is 0 Å². The van der Waals surface area contributed by atoms with Crippen LogP contribution in [0.15, 0.2) is 60.8 Å². The number of benzene rings is 2. The molecule has 2 aromatic carbocycles. The first-order valence-corrected chi connectivity index (χ1v) is 7.16. The van der Waals surface area contributed by atoms with Crippen molar-refractivity contribution in [1.82, 2.24) is 4.57 Å². The number of hydrogen-bond acceptors (Lipinski definition) is 2. The van der Waals surface area contributed by atoms with Crippen molar-refractivity contribution in [3.8, 4) is 5.75 Å². The van der Waals surface area contributed by atoms with Gasteiger partial charge in [0.1, 0.15) is 18.4 Å². The van der Waals surface area contributed by atoms with Gasteiger partial charge < -0.3 is 14.4 Å². The second-order valence-corrected chi connectivity index (χ2v) is 5.20. The number of hydrogen-bond donors (Lipinski definition) is 1. The molecule has 22 heavy (non-hydrogen) atoms. The lowest BCUT2D eigenvalue weighted by molar-refractivity contribution is -0.140. The van der Waals surface area contributed by atoms with E-state index in [1.165, 1.54) is 0 Å². The molecule has 0 radical (unpaired) electrons. The number of carboxylic acids is 1. The number of ether oxygens (including phenoxy) is 1. The number of aliphatic carboxylic acids is 1. The summed E-state index contributed by atoms with van der Waals surface area (Å²) in [5, 5.41) is 10.1. The molecule has 0 fully saturated rings. The summed E-state index contributed by atoms with van der Waals surface area (Å²) in [7, 11) is 0. The topological polar surface area (TPSA) is 51.5 Å². The van der Waals surface area contributed by atoms with Gasteiger partial charge in [0.15, 0.2) is 0 Å². The maximum Gasteiger partial charge on any atom is 0.326 e. The van der Waals surface area contributed by atoms with E-state index in [1.54, 1.807) is 17.7 Å². The standard InChI is InChI=1S/C18H17NO3/c1-13(18(20)21)19-11-10-15-16(19)8-5-9-17(15)22-12-14-6-3-2-4-7-14/h2-11,13H,12H2,1H3,(H,20,21). The maximum absolute atomic E-state index is 11.2. The first kappa shape index (κ1) is 14.2. The van der Waals surface area contributed by atoms with Gasteiger partial charge in [0.2, 0.25) is 0 Å². The molecule has 1 heterocycles. The van der Waals surface area contributed by atoms with E-state index in [1.807, 2.05) is 54.6 Å². The molecule has 1 unspecified atom stereocenters. The highest BCUT2D eigenvalue weighted by Gasteiger charge is 2.16. The molecule has 0 aliphatic heterocycles. The first-order chi connectivity index (χ1) is 10.7. The number of aromatic nitrogens is 1. The third-order valence-electron chi connectivity index (χ3n) is 3.73. The lowest BCUT2D eigenvalue weighted by Crippen LogP contribution is -2.14. The molecule has 0 bridgehead atoms. The second kappa shape index (κ2) is 5.93. The lowest BCUT2D eigenvalue weighted by atomic mass is 10.2. The van der Waals surface area contributed by atoms with E-state index in [0.29, 0.717) is 6.61 Å². The van der Waals surface area contributed by atoms with Gasteiger partial charge in [-0.05, 0) is 30.7 Å². The molecule has 4 heteroatoms. The monoisotopic (exact) mass is 295 g/mol. The van der Waals surface area contributed by atoms with Crippen LogP contribution in [0.5, 0.6) is 5.75 Å². The summed E-state index contributed by atoms with van der Waals surface area (Å²) in [5.41, 5.74) is 1.96. The van der Waals surface area contributed by atoms with Crippen molar-refractivity contribution in [2.75, 3.05) is 0 Å². The maximum atomic E-state index is 11.2. The smallest absolute Gasteiger partial charge is 0.326 e. The Morgan fingerprint density at radius 3 is 2.64 bits per heavy atom. The molecule has 112 valence electrons. The highest BCUT2D eigenvalue weighted by molar-refractivity contribution is 5.88. The Balaban J connectivity index is 1.90. The molecular formula is C18H17NO3. The van der Waals surface area contributed by atoms with Gasteiger partial charge in [-0.1, -0.05) is 36.4 Å². The van der Waals surface area contributed by atoms with E-state index in [0.717, 1.165) is 22.2 Å². The summed E-state index contributed by atoms with van der Waals surface area (Å²) in [6.07, 6.45) is 1.79. The third-order valence-corrected chi connectivity index (χ3v) is 3.73. The largest absolute Gasteiger partial charge is 0.488 e. The molecule has 0 saturated carbocycles. The molecule has 0 aliphatic rings. The summed E-state index contributed by atoms with van der Waals surface area (Å²) in [4.78, 5) is 11.2. The molecule has 0 spiro atoms. The van der Waals surface area contributed by atoms with E-state index in [2.05, 4.69) is 0 Å². The molecule has 0 aliphatic carbocycles. The lowest BCUT2D eigenvalue weighted by Gasteiger charge is -2.12. The van der Waals surface area contributed by atoms with Crippen molar-refractivity contribution in [3.63, 3.8) is 0 Å². The normalized spacial score (nSPS) is 12.2. The molecule has 1 N–H and O–H groups in total. The third kappa shape index (κ3) is 2.68. The van der Waals surface area contributed by atoms with E-state index < -0.39 is 12.0 Å². The quantitative estimate of drug-likeness (QED) is 0.777. The van der Waals surface area contributed by atoms with Crippen LogP contribution in [0.2, 0.25) is 0 Å². The summed E-state index contributed by atoms with van der Waals surface area (Å²) in [6.45, 7) is 2.15. The summed E-state index contributed by atoms with van der Waals surface area (Å²) in [6, 6.07) is 16.9. The molecule has 0 amide bonds. The molecule has 1 aromatic heterocycles. The van der Waals surface area contributed by atoms with Crippen molar-refractivity contribution >= 4 is 16.9 Å². The van der Waals surface area contributed by atoms with Gasteiger partial charge in [0, 0.05) is 11.6 Å². The van der Waals surface area contributed by atoms with Gasteiger partial charge in [-0.25, -0.2) is 4.79 Å². The first-order valence-electron chi connectivity index (χ1n) is 7.16. The Bertz CT molecular complexity index is 792. The average Bonchev–Trinajstić information content (AvgIpc) is 2.97. The predicted octanol–water partition coefficient (Wildman–Crippen LogP) is 3.87. The number of nitrogens with zero attached hydrogens (tertiary/aromatic N) is 1. The zero-order valence-corrected chi connectivity index (χ0v) is 12.3. The summed E-state index contributed by atoms with van der Waals surface area (Å²) < 4.78 is 7.64. The number of carbonyl (C=O) groups is 1. The van der Waals surface area contributed by atoms with Crippen LogP contribution in [0.1, 0.15) is 18.5 Å². The Morgan fingerprint density at radius 2 is 1.91 bits per heavy atom. The van der Waals surface area contributed by atoms with Gasteiger partial charge in [-0.2, -0.15) is 0 Å². The van der Waals surface area contributed by atoms with E-state index in [-0.39, 0.29) is 0 Å². The van der Waals surface area contributed by atoms with Crippen LogP contribution in [0, 0.1) is 0 Å². The van der Waals surface area contributed by atoms with E-state index in [9.17, 15) is 9.90 Å². The fourth-order valence-corrected chi connectivity index (χ4v) is 2.48. The van der Waals surface area contributed by atoms with Crippen molar-refractivity contribution in [1.29, 1.82) is 0 Å². The summed E-state index contributed by atoms with van der Waals surface area (Å²) >= 11 is 0. The van der Waals surface area contributed by atoms with Crippen LogP contribution in [0.3, 0.4) is 0 Å². The fraction of sp³-hybridized carbons (Fsp3) is 0.167. The Hall–Kier alpha value is -2.75. The zero-order valence-electron chi connectivity index (χ0n) is 12.3. The molecule has 1 atom stereocenters. The van der Waals surface area contributed by atoms with Crippen LogP contribution in [-0.2, 0) is 11.4 Å². The SMILES string of the molecule is CC(C(=O)O)n1ccc2c(OCc3ccccc3)cccc21. The number of fused-ring (bicyclic) bond motifs is 1.